The van der Waals surface area contributed by atoms with E-state index in [1.165, 1.54) is 257 Å². The van der Waals surface area contributed by atoms with Gasteiger partial charge in [0, 0.05) is 25.7 Å². The molecule has 0 aromatic carbocycles. The fourth-order valence-electron chi connectivity index (χ4n) is 13.3. The molecule has 0 heterocycles. The number of ether oxygens (including phenoxy) is 4. The van der Waals surface area contributed by atoms with Crippen LogP contribution in [0.25, 0.3) is 0 Å². The number of allylic oxidation sites excluding steroid dienone is 4. The van der Waals surface area contributed by atoms with Gasteiger partial charge < -0.3 is 33.8 Å². The molecule has 0 aliphatic rings. The monoisotopic (exact) mass is 1560 g/mol. The third-order valence-electron chi connectivity index (χ3n) is 20.2. The van der Waals surface area contributed by atoms with Crippen molar-refractivity contribution in [2.75, 3.05) is 39.6 Å². The number of carbonyl (C=O) groups excluding carboxylic acids is 4. The largest absolute Gasteiger partial charge is 0.472 e. The van der Waals surface area contributed by atoms with Crippen LogP contribution in [-0.4, -0.2) is 96.7 Å². The molecule has 0 radical (unpaired) electrons. The molecule has 0 aromatic heterocycles. The molecule has 0 fully saturated rings. The number of aliphatic hydroxyl groups excluding tert-OH is 1. The first kappa shape index (κ1) is 105. The van der Waals surface area contributed by atoms with E-state index in [0.29, 0.717) is 31.6 Å². The summed E-state index contributed by atoms with van der Waals surface area (Å²) in [4.78, 5) is 73.2. The van der Waals surface area contributed by atoms with E-state index in [2.05, 4.69) is 58.9 Å². The first-order chi connectivity index (χ1) is 52.0. The molecular weight excluding hydrogens is 1390 g/mol. The first-order valence-electron chi connectivity index (χ1n) is 45.0. The molecule has 0 spiro atoms. The molecule has 0 saturated carbocycles. The number of phosphoric ester groups is 2. The van der Waals surface area contributed by atoms with Crippen LogP contribution in [0.1, 0.15) is 452 Å². The summed E-state index contributed by atoms with van der Waals surface area (Å²) in [5, 5.41) is 10.7. The lowest BCUT2D eigenvalue weighted by atomic mass is 10.0. The van der Waals surface area contributed by atoms with Crippen LogP contribution in [0, 0.1) is 5.92 Å². The second-order valence-electron chi connectivity index (χ2n) is 31.4. The van der Waals surface area contributed by atoms with Crippen molar-refractivity contribution in [3.05, 3.63) is 24.3 Å². The summed E-state index contributed by atoms with van der Waals surface area (Å²) in [5.74, 6) is -1.43. The fraction of sp³-hybridized carbons (Fsp3) is 0.909. The lowest BCUT2D eigenvalue weighted by Crippen LogP contribution is -2.30. The number of aliphatic hydroxyl groups is 1. The van der Waals surface area contributed by atoms with Crippen LogP contribution in [0.15, 0.2) is 24.3 Å². The lowest BCUT2D eigenvalue weighted by molar-refractivity contribution is -0.161. The van der Waals surface area contributed by atoms with Gasteiger partial charge in [-0.1, -0.05) is 399 Å². The van der Waals surface area contributed by atoms with Gasteiger partial charge in [0.15, 0.2) is 12.2 Å². The molecule has 0 amide bonds. The molecule has 5 atom stereocenters. The summed E-state index contributed by atoms with van der Waals surface area (Å²) in [5.41, 5.74) is 0. The van der Waals surface area contributed by atoms with Gasteiger partial charge in [-0.25, -0.2) is 9.13 Å². The SMILES string of the molecule is CCCCCC/C=C\C=C/CCCCCCCC(=O)O[C@H](COC(=O)CCCCCCCCCC(C)C)COP(=O)(O)OC[C@H](O)COP(=O)(O)OC[C@@H](COC(=O)CCCCCCCCCCCCCCCCCCCCCC)OC(=O)CCCCCCCCCCCCCCCCCCCCCCCC. The maximum absolute atomic E-state index is 13.2. The van der Waals surface area contributed by atoms with Crippen molar-refractivity contribution in [1.29, 1.82) is 0 Å². The minimum absolute atomic E-state index is 0.0848. The summed E-state index contributed by atoms with van der Waals surface area (Å²) < 4.78 is 68.9. The molecule has 17 nitrogen and oxygen atoms in total. The van der Waals surface area contributed by atoms with E-state index in [9.17, 15) is 43.2 Å². The highest BCUT2D eigenvalue weighted by Gasteiger charge is 2.30. The highest BCUT2D eigenvalue weighted by Crippen LogP contribution is 2.45. The van der Waals surface area contributed by atoms with Gasteiger partial charge in [-0.05, 0) is 57.3 Å². The first-order valence-corrected chi connectivity index (χ1v) is 47.9. The van der Waals surface area contributed by atoms with E-state index in [1.807, 2.05) is 0 Å². The fourth-order valence-corrected chi connectivity index (χ4v) is 14.9. The van der Waals surface area contributed by atoms with Crippen molar-refractivity contribution in [2.24, 2.45) is 5.92 Å². The standard InChI is InChI=1S/C88H168O17P2/c1-6-9-12-15-18-21-24-27-30-32-34-36-37-39-41-44-47-50-53-58-64-69-74-87(92)104-83(77-98-85(90)71-66-61-56-51-48-45-43-40-38-35-33-31-28-25-22-19-16-13-10-7-2)79-102-106(94,95)100-75-82(89)76-101-107(96,97)103-80-84(78-99-86(91)72-67-62-59-54-55-60-65-70-81(4)5)105-88(93)73-68-63-57-52-49-46-42-29-26-23-20-17-14-11-8-3/h23,26,29,42,81-84,89H,6-22,24-25,27-28,30-41,43-80H2,1-5H3,(H,94,95)(H,96,97)/b26-23-,42-29-/t82-,83-,84-/m1/s1. The smallest absolute Gasteiger partial charge is 0.462 e. The topological polar surface area (TPSA) is 237 Å². The predicted molar refractivity (Wildman–Crippen MR) is 441 cm³/mol. The lowest BCUT2D eigenvalue weighted by Gasteiger charge is -2.21. The van der Waals surface area contributed by atoms with E-state index in [4.69, 9.17) is 37.0 Å². The molecule has 0 aromatic rings. The third-order valence-corrected chi connectivity index (χ3v) is 22.1. The van der Waals surface area contributed by atoms with E-state index in [-0.39, 0.29) is 25.7 Å². The van der Waals surface area contributed by atoms with Gasteiger partial charge in [-0.15, -0.1) is 0 Å². The number of carbonyl (C=O) groups is 4. The second kappa shape index (κ2) is 80.2. The molecule has 107 heavy (non-hydrogen) atoms. The van der Waals surface area contributed by atoms with Crippen LogP contribution in [0.2, 0.25) is 0 Å². The van der Waals surface area contributed by atoms with Crippen molar-refractivity contribution >= 4 is 39.5 Å². The van der Waals surface area contributed by atoms with Gasteiger partial charge in [0.25, 0.3) is 0 Å². The Labute approximate surface area is 656 Å². The van der Waals surface area contributed by atoms with Gasteiger partial charge in [0.05, 0.1) is 26.4 Å². The Hall–Kier alpha value is -2.46. The van der Waals surface area contributed by atoms with Crippen molar-refractivity contribution in [3.8, 4) is 0 Å². The maximum atomic E-state index is 13.2. The van der Waals surface area contributed by atoms with Gasteiger partial charge >= 0.3 is 39.5 Å². The number of esters is 4. The van der Waals surface area contributed by atoms with Crippen LogP contribution in [0.4, 0.5) is 0 Å². The van der Waals surface area contributed by atoms with Crippen molar-refractivity contribution in [1.82, 2.24) is 0 Å². The molecular formula is C88H168O17P2. The Balaban J connectivity index is 5.24. The molecule has 0 aliphatic carbocycles. The van der Waals surface area contributed by atoms with Gasteiger partial charge in [0.1, 0.15) is 19.3 Å². The molecule has 3 N–H and O–H groups in total. The van der Waals surface area contributed by atoms with Crippen molar-refractivity contribution < 1.29 is 80.2 Å². The minimum atomic E-state index is -4.97. The van der Waals surface area contributed by atoms with Crippen molar-refractivity contribution in [3.63, 3.8) is 0 Å². The van der Waals surface area contributed by atoms with Gasteiger partial charge in [0.2, 0.25) is 0 Å². The molecule has 632 valence electrons. The Morgan fingerprint density at radius 3 is 0.766 bits per heavy atom. The van der Waals surface area contributed by atoms with Crippen molar-refractivity contribution in [2.45, 2.75) is 470 Å². The predicted octanol–water partition coefficient (Wildman–Crippen LogP) is 26.7. The molecule has 2 unspecified atom stereocenters. The summed E-state index contributed by atoms with van der Waals surface area (Å²) in [6.07, 6.45) is 77.5. The second-order valence-corrected chi connectivity index (χ2v) is 34.3. The van der Waals surface area contributed by atoms with E-state index >= 15 is 0 Å². The summed E-state index contributed by atoms with van der Waals surface area (Å²) >= 11 is 0. The van der Waals surface area contributed by atoms with E-state index < -0.39 is 97.5 Å². The molecule has 0 bridgehead atoms. The van der Waals surface area contributed by atoms with Crippen LogP contribution in [-0.2, 0) is 65.4 Å². The number of hydrogen-bond acceptors (Lipinski definition) is 15. The molecule has 0 rings (SSSR count). The third kappa shape index (κ3) is 81.4. The Kier molecular flexibility index (Phi) is 78.3. The average molecular weight is 1560 g/mol. The average Bonchev–Trinajstić information content (AvgIpc) is 0.900. The maximum Gasteiger partial charge on any atom is 0.472 e. The van der Waals surface area contributed by atoms with E-state index in [1.54, 1.807) is 0 Å². The normalized spacial score (nSPS) is 13.9. The highest BCUT2D eigenvalue weighted by molar-refractivity contribution is 7.47. The minimum Gasteiger partial charge on any atom is -0.462 e. The number of rotatable bonds is 86. The quantitative estimate of drug-likeness (QED) is 0.0169. The molecule has 0 aliphatic heterocycles. The van der Waals surface area contributed by atoms with Crippen LogP contribution in [0.5, 0.6) is 0 Å². The number of hydrogen-bond donors (Lipinski definition) is 3. The zero-order valence-electron chi connectivity index (χ0n) is 69.8. The Bertz CT molecular complexity index is 2130. The summed E-state index contributed by atoms with van der Waals surface area (Å²) in [7, 11) is -9.94. The van der Waals surface area contributed by atoms with E-state index in [0.717, 1.165) is 109 Å². The summed E-state index contributed by atoms with van der Waals surface area (Å²) in [6.45, 7) is 7.24. The number of unbranched alkanes of at least 4 members (excludes halogenated alkanes) is 55. The zero-order chi connectivity index (χ0) is 78.3. The number of phosphoric acid groups is 2. The Morgan fingerprint density at radius 1 is 0.290 bits per heavy atom. The summed E-state index contributed by atoms with van der Waals surface area (Å²) in [6, 6.07) is 0. The highest BCUT2D eigenvalue weighted by atomic mass is 31.2. The molecule has 0 saturated heterocycles. The van der Waals surface area contributed by atoms with Crippen LogP contribution in [0.3, 0.4) is 0 Å². The van der Waals surface area contributed by atoms with Gasteiger partial charge in [-0.3, -0.25) is 37.3 Å². The zero-order valence-corrected chi connectivity index (χ0v) is 71.6. The van der Waals surface area contributed by atoms with Crippen LogP contribution >= 0.6 is 15.6 Å². The molecule has 19 heteroatoms. The van der Waals surface area contributed by atoms with Crippen LogP contribution < -0.4 is 0 Å². The van der Waals surface area contributed by atoms with Gasteiger partial charge in [-0.2, -0.15) is 0 Å². The Morgan fingerprint density at radius 2 is 0.505 bits per heavy atom.